The molecule has 21 heavy (non-hydrogen) atoms. The van der Waals surface area contributed by atoms with Gasteiger partial charge in [-0.2, -0.15) is 0 Å². The number of aryl methyl sites for hydroxylation is 1. The van der Waals surface area contributed by atoms with E-state index in [-0.39, 0.29) is 16.3 Å². The van der Waals surface area contributed by atoms with E-state index in [1.807, 2.05) is 0 Å². The van der Waals surface area contributed by atoms with Crippen molar-refractivity contribution in [2.24, 2.45) is 0 Å². The second-order valence-corrected chi connectivity index (χ2v) is 6.00. The molecule has 0 aliphatic rings. The number of nitrogens with one attached hydrogen (secondary N) is 1. The molecule has 0 aliphatic heterocycles. The highest BCUT2D eigenvalue weighted by molar-refractivity contribution is 7.92. The van der Waals surface area contributed by atoms with E-state index in [2.05, 4.69) is 4.72 Å². The first-order chi connectivity index (χ1) is 9.79. The zero-order valence-corrected chi connectivity index (χ0v) is 11.7. The molecule has 0 atom stereocenters. The molecule has 0 bridgehead atoms. The lowest BCUT2D eigenvalue weighted by Gasteiger charge is -2.10. The number of halogens is 1. The van der Waals surface area contributed by atoms with Crippen molar-refractivity contribution >= 4 is 21.4 Å². The first kappa shape index (κ1) is 14.9. The lowest BCUT2D eigenvalue weighted by atomic mass is 10.2. The van der Waals surface area contributed by atoms with E-state index < -0.39 is 20.8 Å². The Bertz CT molecular complexity index is 806. The molecule has 0 spiro atoms. The van der Waals surface area contributed by atoms with Crippen molar-refractivity contribution in [1.29, 1.82) is 0 Å². The summed E-state index contributed by atoms with van der Waals surface area (Å²) in [5, 5.41) is 10.7. The van der Waals surface area contributed by atoms with Crippen LogP contribution in [0.3, 0.4) is 0 Å². The van der Waals surface area contributed by atoms with Crippen LogP contribution < -0.4 is 4.72 Å². The van der Waals surface area contributed by atoms with E-state index >= 15 is 0 Å². The SMILES string of the molecule is Cc1ccc(F)cc1NS(=O)(=O)c1cccc([N+](=O)[O-])c1. The predicted molar refractivity (Wildman–Crippen MR) is 75.0 cm³/mol. The fraction of sp³-hybridized carbons (Fsp3) is 0.0769. The molecule has 2 aromatic rings. The van der Waals surface area contributed by atoms with E-state index in [1.54, 1.807) is 6.92 Å². The Balaban J connectivity index is 2.41. The first-order valence-corrected chi connectivity index (χ1v) is 7.31. The van der Waals surface area contributed by atoms with Crippen LogP contribution in [0, 0.1) is 22.9 Å². The fourth-order valence-electron chi connectivity index (χ4n) is 1.67. The molecule has 2 rings (SSSR count). The highest BCUT2D eigenvalue weighted by Gasteiger charge is 2.18. The predicted octanol–water partition coefficient (Wildman–Crippen LogP) is 2.84. The maximum atomic E-state index is 13.2. The van der Waals surface area contributed by atoms with Crippen LogP contribution in [0.2, 0.25) is 0 Å². The molecule has 0 saturated carbocycles. The third-order valence-electron chi connectivity index (χ3n) is 2.78. The van der Waals surface area contributed by atoms with E-state index in [0.717, 1.165) is 12.1 Å². The Hall–Kier alpha value is -2.48. The molecular weight excluding hydrogens is 299 g/mol. The van der Waals surface area contributed by atoms with Crippen LogP contribution in [-0.2, 0) is 10.0 Å². The zero-order chi connectivity index (χ0) is 15.6. The minimum Gasteiger partial charge on any atom is -0.279 e. The molecule has 0 fully saturated rings. The van der Waals surface area contributed by atoms with E-state index in [4.69, 9.17) is 0 Å². The summed E-state index contributed by atoms with van der Waals surface area (Å²) in [6.45, 7) is 1.62. The molecule has 8 heteroatoms. The summed E-state index contributed by atoms with van der Waals surface area (Å²) in [7, 11) is -4.03. The lowest BCUT2D eigenvalue weighted by Crippen LogP contribution is -2.14. The highest BCUT2D eigenvalue weighted by Crippen LogP contribution is 2.23. The monoisotopic (exact) mass is 310 g/mol. The number of anilines is 1. The van der Waals surface area contributed by atoms with E-state index in [1.165, 1.54) is 30.3 Å². The topological polar surface area (TPSA) is 89.3 Å². The molecule has 6 nitrogen and oxygen atoms in total. The molecule has 0 unspecified atom stereocenters. The van der Waals surface area contributed by atoms with Crippen LogP contribution in [-0.4, -0.2) is 13.3 Å². The third kappa shape index (κ3) is 3.34. The Morgan fingerprint density at radius 1 is 1.19 bits per heavy atom. The van der Waals surface area contributed by atoms with Crippen LogP contribution in [0.4, 0.5) is 15.8 Å². The summed E-state index contributed by atoms with van der Waals surface area (Å²) in [5.74, 6) is -0.586. The molecular formula is C13H11FN2O4S. The molecule has 0 heterocycles. The van der Waals surface area contributed by atoms with Crippen LogP contribution in [0.5, 0.6) is 0 Å². The summed E-state index contributed by atoms with van der Waals surface area (Å²) < 4.78 is 39.8. The Labute approximate surface area is 120 Å². The maximum absolute atomic E-state index is 13.2. The average molecular weight is 310 g/mol. The zero-order valence-electron chi connectivity index (χ0n) is 10.9. The standard InChI is InChI=1S/C13H11FN2O4S/c1-9-5-6-10(14)7-13(9)15-21(19,20)12-4-2-3-11(8-12)16(17)18/h2-8,15H,1H3. The van der Waals surface area contributed by atoms with Gasteiger partial charge in [0.1, 0.15) is 5.82 Å². The van der Waals surface area contributed by atoms with Gasteiger partial charge in [0.25, 0.3) is 15.7 Å². The van der Waals surface area contributed by atoms with Gasteiger partial charge in [0.2, 0.25) is 0 Å². The van der Waals surface area contributed by atoms with Crippen molar-refractivity contribution in [2.75, 3.05) is 4.72 Å². The quantitative estimate of drug-likeness (QED) is 0.694. The van der Waals surface area contributed by atoms with Crippen LogP contribution in [0.25, 0.3) is 0 Å². The Kier molecular flexibility index (Phi) is 3.90. The van der Waals surface area contributed by atoms with Crippen LogP contribution in [0.1, 0.15) is 5.56 Å². The second-order valence-electron chi connectivity index (χ2n) is 4.32. The number of nitrogens with zero attached hydrogens (tertiary/aromatic N) is 1. The van der Waals surface area contributed by atoms with Gasteiger partial charge in [-0.15, -0.1) is 0 Å². The molecule has 110 valence electrons. The normalized spacial score (nSPS) is 11.1. The first-order valence-electron chi connectivity index (χ1n) is 5.83. The van der Waals surface area contributed by atoms with E-state index in [0.29, 0.717) is 5.56 Å². The number of nitro groups is 1. The molecule has 0 aliphatic carbocycles. The average Bonchev–Trinajstić information content (AvgIpc) is 2.43. The van der Waals surface area contributed by atoms with E-state index in [9.17, 15) is 22.9 Å². The van der Waals surface area contributed by atoms with Crippen molar-refractivity contribution < 1.29 is 17.7 Å². The van der Waals surface area contributed by atoms with Gasteiger partial charge in [-0.05, 0) is 30.7 Å². The number of rotatable bonds is 4. The molecule has 0 saturated heterocycles. The summed E-state index contributed by atoms with van der Waals surface area (Å²) in [5.41, 5.74) is 0.278. The number of nitro benzene ring substituents is 1. The number of non-ortho nitro benzene ring substituents is 1. The maximum Gasteiger partial charge on any atom is 0.270 e. The molecule has 0 aromatic heterocycles. The minimum absolute atomic E-state index is 0.0847. The van der Waals surface area contributed by atoms with Gasteiger partial charge in [-0.3, -0.25) is 14.8 Å². The van der Waals surface area contributed by atoms with Crippen LogP contribution in [0.15, 0.2) is 47.4 Å². The van der Waals surface area contributed by atoms with Gasteiger partial charge in [0.15, 0.2) is 0 Å². The van der Waals surface area contributed by atoms with Crippen molar-refractivity contribution in [3.63, 3.8) is 0 Å². The van der Waals surface area contributed by atoms with Crippen molar-refractivity contribution in [2.45, 2.75) is 11.8 Å². The second kappa shape index (κ2) is 5.49. The molecule has 0 amide bonds. The Morgan fingerprint density at radius 2 is 1.90 bits per heavy atom. The number of hydrogen-bond donors (Lipinski definition) is 1. The van der Waals surface area contributed by atoms with Crippen molar-refractivity contribution in [1.82, 2.24) is 0 Å². The number of hydrogen-bond acceptors (Lipinski definition) is 4. The third-order valence-corrected chi connectivity index (χ3v) is 4.15. The van der Waals surface area contributed by atoms with Gasteiger partial charge >= 0.3 is 0 Å². The summed E-state index contributed by atoms with van der Waals surface area (Å²) in [4.78, 5) is 9.73. The summed E-state index contributed by atoms with van der Waals surface area (Å²) in [6, 6.07) is 8.31. The molecule has 2 aromatic carbocycles. The summed E-state index contributed by atoms with van der Waals surface area (Å²) in [6.07, 6.45) is 0. The van der Waals surface area contributed by atoms with Gasteiger partial charge in [0.05, 0.1) is 15.5 Å². The largest absolute Gasteiger partial charge is 0.279 e. The van der Waals surface area contributed by atoms with Gasteiger partial charge in [0, 0.05) is 12.1 Å². The number of sulfonamides is 1. The smallest absolute Gasteiger partial charge is 0.270 e. The Morgan fingerprint density at radius 3 is 2.57 bits per heavy atom. The lowest BCUT2D eigenvalue weighted by molar-refractivity contribution is -0.385. The fourth-order valence-corrected chi connectivity index (χ4v) is 2.83. The van der Waals surface area contributed by atoms with Gasteiger partial charge in [-0.25, -0.2) is 12.8 Å². The number of benzene rings is 2. The van der Waals surface area contributed by atoms with Crippen LogP contribution >= 0.6 is 0 Å². The molecule has 0 radical (unpaired) electrons. The summed E-state index contributed by atoms with van der Waals surface area (Å²) >= 11 is 0. The van der Waals surface area contributed by atoms with Crippen molar-refractivity contribution in [3.8, 4) is 0 Å². The molecule has 1 N–H and O–H groups in total. The highest BCUT2D eigenvalue weighted by atomic mass is 32.2. The minimum atomic E-state index is -4.03. The van der Waals surface area contributed by atoms with Gasteiger partial charge < -0.3 is 0 Å². The van der Waals surface area contributed by atoms with Crippen molar-refractivity contribution in [3.05, 3.63) is 64.0 Å². The van der Waals surface area contributed by atoms with Gasteiger partial charge in [-0.1, -0.05) is 12.1 Å².